The van der Waals surface area contributed by atoms with Crippen LogP contribution in [0.2, 0.25) is 5.02 Å². The molecule has 1 aliphatic carbocycles. The van der Waals surface area contributed by atoms with Crippen LogP contribution in [0.25, 0.3) is 22.1 Å². The maximum atomic E-state index is 6.27. The topological polar surface area (TPSA) is 25.2 Å². The zero-order valence-corrected chi connectivity index (χ0v) is 12.4. The third kappa shape index (κ3) is 2.57. The van der Waals surface area contributed by atoms with Crippen LogP contribution in [0.4, 0.5) is 0 Å². The molecule has 1 N–H and O–H groups in total. The smallest absolute Gasteiger partial charge is 0.134 e. The molecule has 0 bridgehead atoms. The molecule has 3 heteroatoms. The molecule has 0 aliphatic heterocycles. The fourth-order valence-electron chi connectivity index (χ4n) is 2.63. The van der Waals surface area contributed by atoms with Gasteiger partial charge in [0.2, 0.25) is 0 Å². The van der Waals surface area contributed by atoms with E-state index >= 15 is 0 Å². The molecule has 1 saturated carbocycles. The van der Waals surface area contributed by atoms with E-state index in [1.807, 2.05) is 42.5 Å². The van der Waals surface area contributed by atoms with Crippen LogP contribution in [0.3, 0.4) is 0 Å². The first-order chi connectivity index (χ1) is 10.3. The summed E-state index contributed by atoms with van der Waals surface area (Å²) < 4.78 is 5.99. The van der Waals surface area contributed by atoms with Crippen molar-refractivity contribution < 1.29 is 4.42 Å². The number of hydrogen-bond donors (Lipinski definition) is 1. The quantitative estimate of drug-likeness (QED) is 0.732. The van der Waals surface area contributed by atoms with E-state index in [4.69, 9.17) is 16.0 Å². The normalized spacial score (nSPS) is 14.7. The lowest BCUT2D eigenvalue weighted by Gasteiger charge is -2.06. The van der Waals surface area contributed by atoms with E-state index in [1.165, 1.54) is 12.8 Å². The first kappa shape index (κ1) is 12.9. The van der Waals surface area contributed by atoms with Crippen LogP contribution in [-0.2, 0) is 6.54 Å². The average molecular weight is 298 g/mol. The molecule has 0 saturated heterocycles. The molecule has 0 atom stereocenters. The van der Waals surface area contributed by atoms with E-state index in [0.29, 0.717) is 6.04 Å². The number of fused-ring (bicyclic) bond motifs is 1. The lowest BCUT2D eigenvalue weighted by Crippen LogP contribution is -2.14. The maximum Gasteiger partial charge on any atom is 0.134 e. The molecule has 0 unspecified atom stereocenters. The third-order valence-corrected chi connectivity index (χ3v) is 4.27. The van der Waals surface area contributed by atoms with Crippen LogP contribution in [-0.4, -0.2) is 6.04 Å². The zero-order valence-electron chi connectivity index (χ0n) is 11.6. The van der Waals surface area contributed by atoms with Crippen molar-refractivity contribution in [3.8, 4) is 11.3 Å². The van der Waals surface area contributed by atoms with Gasteiger partial charge in [0.05, 0.1) is 6.54 Å². The highest BCUT2D eigenvalue weighted by atomic mass is 35.5. The monoisotopic (exact) mass is 297 g/mol. The Morgan fingerprint density at radius 1 is 1.00 bits per heavy atom. The van der Waals surface area contributed by atoms with Crippen molar-refractivity contribution in [3.05, 3.63) is 59.3 Å². The Morgan fingerprint density at radius 2 is 1.81 bits per heavy atom. The van der Waals surface area contributed by atoms with Gasteiger partial charge in [-0.05, 0) is 42.5 Å². The summed E-state index contributed by atoms with van der Waals surface area (Å²) in [5.74, 6) is 1.88. The Hall–Kier alpha value is -1.77. The van der Waals surface area contributed by atoms with Gasteiger partial charge in [-0.25, -0.2) is 0 Å². The van der Waals surface area contributed by atoms with Crippen molar-refractivity contribution in [1.82, 2.24) is 5.32 Å². The number of hydrogen-bond acceptors (Lipinski definition) is 2. The Morgan fingerprint density at radius 3 is 2.62 bits per heavy atom. The molecule has 2 aromatic carbocycles. The van der Waals surface area contributed by atoms with Crippen molar-refractivity contribution in [2.75, 3.05) is 0 Å². The number of rotatable bonds is 4. The summed E-state index contributed by atoms with van der Waals surface area (Å²) in [5.41, 5.74) is 1.09. The van der Waals surface area contributed by atoms with E-state index in [9.17, 15) is 0 Å². The summed E-state index contributed by atoms with van der Waals surface area (Å²) in [4.78, 5) is 0. The Kier molecular flexibility index (Phi) is 3.21. The van der Waals surface area contributed by atoms with E-state index in [-0.39, 0.29) is 0 Å². The largest absolute Gasteiger partial charge is 0.460 e. The molecule has 2 nitrogen and oxygen atoms in total. The minimum atomic E-state index is 0.690. The zero-order chi connectivity index (χ0) is 14.2. The van der Waals surface area contributed by atoms with Gasteiger partial charge in [-0.1, -0.05) is 35.9 Å². The van der Waals surface area contributed by atoms with Gasteiger partial charge >= 0.3 is 0 Å². The maximum absolute atomic E-state index is 6.27. The van der Waals surface area contributed by atoms with Crippen LogP contribution in [0.5, 0.6) is 0 Å². The lowest BCUT2D eigenvalue weighted by atomic mass is 10.0. The molecule has 0 radical (unpaired) electrons. The molecule has 106 valence electrons. The second kappa shape index (κ2) is 5.21. The first-order valence-electron chi connectivity index (χ1n) is 7.31. The molecule has 1 heterocycles. The number of benzene rings is 2. The number of furan rings is 1. The predicted octanol–water partition coefficient (Wildman–Crippen LogP) is 5.01. The van der Waals surface area contributed by atoms with Crippen LogP contribution < -0.4 is 5.32 Å². The van der Waals surface area contributed by atoms with Gasteiger partial charge < -0.3 is 9.73 Å². The molecular weight excluding hydrogens is 282 g/mol. The summed E-state index contributed by atoms with van der Waals surface area (Å²) in [7, 11) is 0. The summed E-state index contributed by atoms with van der Waals surface area (Å²) in [5, 5.41) is 6.43. The summed E-state index contributed by atoms with van der Waals surface area (Å²) in [6, 6.07) is 16.9. The first-order valence-corrected chi connectivity index (χ1v) is 7.69. The summed E-state index contributed by atoms with van der Waals surface area (Å²) >= 11 is 6.27. The SMILES string of the molecule is Clc1ccc(-c2ccc(CNC3CC3)o2)c2ccccc12. The van der Waals surface area contributed by atoms with Gasteiger partial charge in [-0.2, -0.15) is 0 Å². The standard InChI is InChI=1S/C18H16ClNO/c19-17-9-8-16(14-3-1-2-4-15(14)17)18-10-7-13(21-18)11-20-12-5-6-12/h1-4,7-10,12,20H,5-6,11H2. The van der Waals surface area contributed by atoms with E-state index in [2.05, 4.69) is 11.4 Å². The fourth-order valence-corrected chi connectivity index (χ4v) is 2.86. The summed E-state index contributed by atoms with van der Waals surface area (Å²) in [6.45, 7) is 0.802. The Labute approximate surface area is 128 Å². The van der Waals surface area contributed by atoms with Crippen molar-refractivity contribution in [2.45, 2.75) is 25.4 Å². The van der Waals surface area contributed by atoms with Crippen molar-refractivity contribution >= 4 is 22.4 Å². The Balaban J connectivity index is 1.70. The molecule has 3 aromatic rings. The van der Waals surface area contributed by atoms with Gasteiger partial charge in [-0.15, -0.1) is 0 Å². The second-order valence-corrected chi connectivity index (χ2v) is 5.97. The summed E-state index contributed by atoms with van der Waals surface area (Å²) in [6.07, 6.45) is 2.57. The Bertz CT molecular complexity index is 789. The van der Waals surface area contributed by atoms with Crippen molar-refractivity contribution in [1.29, 1.82) is 0 Å². The number of nitrogens with one attached hydrogen (secondary N) is 1. The second-order valence-electron chi connectivity index (χ2n) is 5.56. The highest BCUT2D eigenvalue weighted by molar-refractivity contribution is 6.36. The van der Waals surface area contributed by atoms with E-state index < -0.39 is 0 Å². The third-order valence-electron chi connectivity index (χ3n) is 3.94. The van der Waals surface area contributed by atoms with E-state index in [0.717, 1.165) is 39.4 Å². The number of halogens is 1. The predicted molar refractivity (Wildman–Crippen MR) is 86.5 cm³/mol. The van der Waals surface area contributed by atoms with Crippen LogP contribution in [0.15, 0.2) is 52.9 Å². The molecule has 4 rings (SSSR count). The highest BCUT2D eigenvalue weighted by Crippen LogP contribution is 2.34. The molecular formula is C18H16ClNO. The molecule has 1 aliphatic rings. The molecule has 0 spiro atoms. The van der Waals surface area contributed by atoms with Gasteiger partial charge in [0.15, 0.2) is 0 Å². The minimum absolute atomic E-state index is 0.690. The minimum Gasteiger partial charge on any atom is -0.460 e. The van der Waals surface area contributed by atoms with Crippen LogP contribution in [0.1, 0.15) is 18.6 Å². The van der Waals surface area contributed by atoms with Crippen LogP contribution in [0, 0.1) is 0 Å². The fraction of sp³-hybridized carbons (Fsp3) is 0.222. The highest BCUT2D eigenvalue weighted by Gasteiger charge is 2.20. The van der Waals surface area contributed by atoms with Gasteiger partial charge in [0.25, 0.3) is 0 Å². The van der Waals surface area contributed by atoms with Gasteiger partial charge in [0.1, 0.15) is 11.5 Å². The average Bonchev–Trinajstić information content (AvgIpc) is 3.23. The van der Waals surface area contributed by atoms with Gasteiger partial charge in [0, 0.05) is 22.0 Å². The van der Waals surface area contributed by atoms with Crippen molar-refractivity contribution in [2.24, 2.45) is 0 Å². The molecule has 1 fully saturated rings. The van der Waals surface area contributed by atoms with Crippen LogP contribution >= 0.6 is 11.6 Å². The lowest BCUT2D eigenvalue weighted by molar-refractivity contribution is 0.493. The molecule has 21 heavy (non-hydrogen) atoms. The van der Waals surface area contributed by atoms with E-state index in [1.54, 1.807) is 0 Å². The molecule has 1 aromatic heterocycles. The van der Waals surface area contributed by atoms with Crippen molar-refractivity contribution in [3.63, 3.8) is 0 Å². The molecule has 0 amide bonds. The van der Waals surface area contributed by atoms with Gasteiger partial charge in [-0.3, -0.25) is 0 Å².